The fourth-order valence-corrected chi connectivity index (χ4v) is 0.149. The normalized spacial score (nSPS) is 7.01. The Kier molecular flexibility index (Phi) is 368. The summed E-state index contributed by atoms with van der Waals surface area (Å²) in [6.45, 7) is -0.208. The zero-order valence-electron chi connectivity index (χ0n) is 33.6. The van der Waals surface area contributed by atoms with Crippen molar-refractivity contribution in [1.82, 2.24) is 0 Å². The van der Waals surface area contributed by atoms with E-state index >= 15 is 0 Å². The summed E-state index contributed by atoms with van der Waals surface area (Å²) in [6.07, 6.45) is -1.46. The molecule has 0 heterocycles. The molecule has 0 rings (SSSR count). The Balaban J connectivity index is -0.0000000138. The molecule has 0 saturated heterocycles. The van der Waals surface area contributed by atoms with Crippen LogP contribution in [0.4, 0.5) is 0 Å². The molecule has 0 radical (unpaired) electrons. The van der Waals surface area contributed by atoms with Crippen molar-refractivity contribution < 1.29 is 231 Å². The molecular weight excluding hydrogens is 2160 g/mol. The van der Waals surface area contributed by atoms with E-state index in [2.05, 4.69) is 0 Å². The molecule has 0 aromatic heterocycles. The second kappa shape index (κ2) is 158. The van der Waals surface area contributed by atoms with Gasteiger partial charge in [-0.05, 0) is 0 Å². The quantitative estimate of drug-likeness (QED) is 0.112. The van der Waals surface area contributed by atoms with Gasteiger partial charge in [-0.25, -0.2) is 0 Å². The minimum atomic E-state index is -2.92. The topological polar surface area (TPSA) is 963 Å². The number of aliphatic hydroxyl groups is 4. The van der Waals surface area contributed by atoms with E-state index < -0.39 is 100 Å². The summed E-state index contributed by atoms with van der Waals surface area (Å²) in [7, 11) is -35.0. The summed E-state index contributed by atoms with van der Waals surface area (Å²) < 4.78 is 0. The Bertz CT molecular complexity index is 434. The third kappa shape index (κ3) is 1860. The average Bonchev–Trinajstić information content (AvgIpc) is 2.93. The zero-order chi connectivity index (χ0) is 52.9. The predicted molar refractivity (Wildman–Crippen MR) is 267 cm³/mol. The second-order valence-corrected chi connectivity index (χ2v) is 5.61. The van der Waals surface area contributed by atoms with Crippen LogP contribution in [0.1, 0.15) is 0 Å². The first-order valence-corrected chi connectivity index (χ1v) is 12.1. The van der Waals surface area contributed by atoms with Crippen molar-refractivity contribution in [2.45, 2.75) is 12.2 Å². The summed E-state index contributed by atoms with van der Waals surface area (Å²) in [5, 5.41) is 336. The predicted octanol–water partition coefficient (Wildman–Crippen LogP) is -47.6. The molecule has 0 aliphatic heterocycles. The smallest absolute Gasteiger partial charge is 0.907 e. The second-order valence-electron chi connectivity index (χ2n) is 5.61. The number of hydrogen-bond acceptors (Lipinski definition) is 42. The summed E-state index contributed by atoms with van der Waals surface area (Å²) in [5.41, 5.74) is 9.75. The van der Waals surface area contributed by atoms with Crippen LogP contribution in [0.3, 0.4) is 0 Å². The molecule has 0 bridgehead atoms. The summed E-state index contributed by atoms with van der Waals surface area (Å²) in [4.78, 5) is 0. The van der Waals surface area contributed by atoms with Crippen molar-refractivity contribution in [3.63, 3.8) is 0 Å². The van der Waals surface area contributed by atoms with E-state index in [1.165, 1.54) is 0 Å². The molecule has 444 valence electrons. The standard InChI is InChI=1S/2C3H9NO2.12BO3.10HI.Na/c2*4-1-3(6)2-5;12*2-1(3)4;;;;;;;;;;;/h2*3,5-6H,1-2,4H2;;;;;;;;;;;;;10*1H;/q;;12*-3;;;;;;;;;;;+1. The monoisotopic (exact) mass is 2190 g/mol. The molecule has 8 N–H and O–H groups in total. The third-order valence-corrected chi connectivity index (χ3v) is 0.966. The van der Waals surface area contributed by atoms with E-state index in [0.29, 0.717) is 0 Å². The van der Waals surface area contributed by atoms with E-state index in [4.69, 9.17) is 213 Å². The van der Waals surface area contributed by atoms with Crippen molar-refractivity contribution in [2.75, 3.05) is 26.3 Å². The number of halogens is 10. The molecule has 2 atom stereocenters. The first-order chi connectivity index (χ1) is 26.4. The Hall–Kier alpha value is 7.40. The summed E-state index contributed by atoms with van der Waals surface area (Å²) in [5.74, 6) is 0. The molecule has 0 saturated carbocycles. The molecule has 0 aromatic rings. The van der Waals surface area contributed by atoms with E-state index in [9.17, 15) is 0 Å². The van der Waals surface area contributed by atoms with E-state index in [-0.39, 0.29) is 296 Å². The minimum absolute atomic E-state index is 0. The third-order valence-electron chi connectivity index (χ3n) is 0.966. The molecule has 0 fully saturated rings. The van der Waals surface area contributed by atoms with Gasteiger partial charge in [0.15, 0.2) is 0 Å². The molecule has 42 nitrogen and oxygen atoms in total. The molecule has 71 heavy (non-hydrogen) atoms. The van der Waals surface area contributed by atoms with Crippen LogP contribution in [-0.4, -0.2) is 147 Å². The Morgan fingerprint density at radius 1 is 0.225 bits per heavy atom. The maximum Gasteiger partial charge on any atom is 1.00 e. The van der Waals surface area contributed by atoms with Crippen molar-refractivity contribution in [3.05, 3.63) is 0 Å². The molecule has 65 heteroatoms. The van der Waals surface area contributed by atoms with Gasteiger partial charge < -0.3 is 213 Å². The van der Waals surface area contributed by atoms with Crippen LogP contribution in [0.2, 0.25) is 0 Å². The first-order valence-electron chi connectivity index (χ1n) is 12.1. The Morgan fingerprint density at radius 3 is 0.268 bits per heavy atom. The van der Waals surface area contributed by atoms with Crippen LogP contribution < -0.4 is 222 Å². The van der Waals surface area contributed by atoms with Gasteiger partial charge in [0.1, 0.15) is 0 Å². The van der Waals surface area contributed by atoms with Gasteiger partial charge in [-0.2, -0.15) is 0 Å². The van der Waals surface area contributed by atoms with Gasteiger partial charge in [0, 0.05) is 13.1 Å². The van der Waals surface area contributed by atoms with E-state index in [1.807, 2.05) is 0 Å². The van der Waals surface area contributed by atoms with Crippen LogP contribution >= 0.6 is 240 Å². The van der Waals surface area contributed by atoms with Crippen LogP contribution in [0.5, 0.6) is 0 Å². The maximum atomic E-state index is 8.42. The van der Waals surface area contributed by atoms with Crippen LogP contribution in [0.25, 0.3) is 0 Å². The van der Waals surface area contributed by atoms with Crippen LogP contribution in [0, 0.1) is 0 Å². The summed E-state index contributed by atoms with van der Waals surface area (Å²) >= 11 is 0. The Labute approximate surface area is 599 Å². The van der Waals surface area contributed by atoms with Gasteiger partial charge in [-0.1, -0.05) is 0 Å². The Morgan fingerprint density at radius 2 is 0.268 bits per heavy atom. The number of aliphatic hydroxyl groups excluding tert-OH is 4. The largest absolute Gasteiger partial charge is 1.00 e. The van der Waals surface area contributed by atoms with Gasteiger partial charge >= 0.3 is 29.6 Å². The zero-order valence-corrected chi connectivity index (χ0v) is 58.9. The SMILES string of the molecule is I.I.I.I.I.I.I.I.I.I.NCC(O)CO.NCC(O)CO.[Na+].[O-]B([O-])[O-].[O-]B([O-])[O-].[O-]B([O-])[O-].[O-]B([O-])[O-].[O-]B([O-])[O-].[O-]B([O-])[O-].[O-]B([O-])[O-].[O-]B([O-])[O-].[O-]B([O-])[O-].[O-]B([O-])[O-].[O-]B([O-])[O-].[O-]B([O-])[O-]. The van der Waals surface area contributed by atoms with Crippen LogP contribution in [-0.2, 0) is 0 Å². The molecule has 0 amide bonds. The van der Waals surface area contributed by atoms with Gasteiger partial charge in [0.2, 0.25) is 0 Å². The summed E-state index contributed by atoms with van der Waals surface area (Å²) in [6, 6.07) is 0. The van der Waals surface area contributed by atoms with Gasteiger partial charge in [-0.15, -0.1) is 240 Å². The molecule has 0 aromatic carbocycles. The first kappa shape index (κ1) is 165. The fourth-order valence-electron chi connectivity index (χ4n) is 0.149. The average molecular weight is 2190 g/mol. The molecular formula is C6H28B12I10N2NaO40-35. The van der Waals surface area contributed by atoms with Gasteiger partial charge in [-0.3, -0.25) is 87.9 Å². The van der Waals surface area contributed by atoms with Gasteiger partial charge in [0.25, 0.3) is 0 Å². The van der Waals surface area contributed by atoms with E-state index in [0.717, 1.165) is 0 Å². The number of rotatable bonds is 4. The van der Waals surface area contributed by atoms with Crippen molar-refractivity contribution in [2.24, 2.45) is 11.5 Å². The van der Waals surface area contributed by atoms with Crippen molar-refractivity contribution >= 4 is 328 Å². The number of hydrogen-bond donors (Lipinski definition) is 6. The van der Waals surface area contributed by atoms with Crippen molar-refractivity contribution in [1.29, 1.82) is 0 Å². The fraction of sp³-hybridized carbons (Fsp3) is 1.00. The number of nitrogens with two attached hydrogens (primary N) is 2. The van der Waals surface area contributed by atoms with Crippen LogP contribution in [0.15, 0.2) is 0 Å². The van der Waals surface area contributed by atoms with Crippen molar-refractivity contribution in [3.8, 4) is 0 Å². The van der Waals surface area contributed by atoms with Gasteiger partial charge in [0.05, 0.1) is 25.4 Å². The molecule has 0 aliphatic carbocycles. The molecule has 0 spiro atoms. The minimum Gasteiger partial charge on any atom is -0.907 e. The molecule has 0 aliphatic rings. The maximum absolute atomic E-state index is 8.42. The molecule has 2 unspecified atom stereocenters. The van der Waals surface area contributed by atoms with E-state index in [1.54, 1.807) is 0 Å².